The summed E-state index contributed by atoms with van der Waals surface area (Å²) in [6, 6.07) is 32.9. The van der Waals surface area contributed by atoms with Crippen molar-refractivity contribution in [3.05, 3.63) is 120 Å². The average molecular weight is 546 g/mol. The molecule has 1 aliphatic heterocycles. The highest BCUT2D eigenvalue weighted by molar-refractivity contribution is 7.96. The summed E-state index contributed by atoms with van der Waals surface area (Å²) >= 11 is 0. The monoisotopic (exact) mass is 545 g/mol. The summed E-state index contributed by atoms with van der Waals surface area (Å²) in [6.45, 7) is 3.65. The van der Waals surface area contributed by atoms with E-state index in [4.69, 9.17) is 4.52 Å². The van der Waals surface area contributed by atoms with Gasteiger partial charge in [-0.25, -0.2) is 4.21 Å². The molecule has 0 amide bonds. The van der Waals surface area contributed by atoms with Crippen LogP contribution in [0.3, 0.4) is 0 Å². The number of hydrogen-bond acceptors (Lipinski definition) is 6. The molecule has 194 valence electrons. The normalized spacial score (nSPS) is 15.7. The summed E-state index contributed by atoms with van der Waals surface area (Å²) in [6.07, 6.45) is 1.79. The van der Waals surface area contributed by atoms with Gasteiger partial charge in [-0.1, -0.05) is 66.7 Å². The molecule has 0 unspecified atom stereocenters. The lowest BCUT2D eigenvalue weighted by molar-refractivity contribution is -0.140. The van der Waals surface area contributed by atoms with Gasteiger partial charge in [0.1, 0.15) is 15.4 Å². The Balaban J connectivity index is 0.000000505. The van der Waals surface area contributed by atoms with E-state index in [2.05, 4.69) is 9.10 Å². The molecule has 4 aromatic carbocycles. The van der Waals surface area contributed by atoms with Gasteiger partial charge in [-0.05, 0) is 55.5 Å². The van der Waals surface area contributed by atoms with Crippen LogP contribution in [0.25, 0.3) is 6.08 Å². The Labute approximate surface area is 223 Å². The van der Waals surface area contributed by atoms with E-state index in [0.717, 1.165) is 5.56 Å². The summed E-state index contributed by atoms with van der Waals surface area (Å²) < 4.78 is 43.3. The summed E-state index contributed by atoms with van der Waals surface area (Å²) in [7, 11) is -6.30. The molecule has 8 heteroatoms. The van der Waals surface area contributed by atoms with E-state index in [1.165, 1.54) is 6.92 Å². The van der Waals surface area contributed by atoms with Crippen LogP contribution in [0, 0.1) is 0 Å². The number of nitrogens with zero attached hydrogens (tertiary/aromatic N) is 1. The molecule has 0 N–H and O–H groups in total. The summed E-state index contributed by atoms with van der Waals surface area (Å²) in [5.41, 5.74) is 1.21. The van der Waals surface area contributed by atoms with Gasteiger partial charge >= 0.3 is 13.3 Å². The van der Waals surface area contributed by atoms with Crippen molar-refractivity contribution in [3.63, 3.8) is 0 Å². The minimum atomic E-state index is -3.48. The number of hydrogen-bond donors (Lipinski definition) is 0. The molecule has 0 saturated heterocycles. The average Bonchev–Trinajstić information content (AvgIpc) is 2.95. The first kappa shape index (κ1) is 27.1. The molecule has 0 aliphatic carbocycles. The maximum atomic E-state index is 14.3. The second kappa shape index (κ2) is 12.1. The molecule has 0 spiro atoms. The van der Waals surface area contributed by atoms with Gasteiger partial charge in [-0.15, -0.1) is 0 Å². The standard InChI is InChI=1S/C26H20NO3PS.C4H8O2/c28-31(22-12-4-1-5-13-22,23-14-6-2-7-15-23)30-25-18-10-11-21-19-20-32(29,27-26(21)25)24-16-8-3-9-17-24;1-3-6-4(2)5/h1-20H;3H2,1-2H3/t32-;/m1./s1. The molecule has 5 rings (SSSR count). The minimum Gasteiger partial charge on any atom is -0.466 e. The van der Waals surface area contributed by atoms with E-state index in [0.29, 0.717) is 33.5 Å². The fourth-order valence-electron chi connectivity index (χ4n) is 3.77. The van der Waals surface area contributed by atoms with E-state index in [1.54, 1.807) is 60.9 Å². The Hall–Kier alpha value is -3.93. The van der Waals surface area contributed by atoms with Crippen molar-refractivity contribution in [1.82, 2.24) is 0 Å². The van der Waals surface area contributed by atoms with E-state index in [9.17, 15) is 13.6 Å². The lowest BCUT2D eigenvalue weighted by Crippen LogP contribution is -2.20. The second-order valence-electron chi connectivity index (χ2n) is 8.21. The lowest BCUT2D eigenvalue weighted by Gasteiger charge is -2.23. The molecule has 1 atom stereocenters. The zero-order chi connectivity index (χ0) is 27.0. The van der Waals surface area contributed by atoms with Gasteiger partial charge in [0, 0.05) is 17.9 Å². The number of benzene rings is 4. The molecule has 0 aromatic heterocycles. The zero-order valence-corrected chi connectivity index (χ0v) is 22.8. The van der Waals surface area contributed by atoms with Crippen molar-refractivity contribution < 1.29 is 22.8 Å². The Morgan fingerprint density at radius 3 is 1.87 bits per heavy atom. The highest BCUT2D eigenvalue weighted by atomic mass is 32.2. The topological polar surface area (TPSA) is 82.0 Å². The molecule has 0 saturated carbocycles. The first-order valence-corrected chi connectivity index (χ1v) is 15.2. The van der Waals surface area contributed by atoms with Gasteiger partial charge in [0.15, 0.2) is 5.75 Å². The Kier molecular flexibility index (Phi) is 8.62. The first-order valence-electron chi connectivity index (χ1n) is 12.0. The van der Waals surface area contributed by atoms with Gasteiger partial charge in [0.05, 0.1) is 22.1 Å². The maximum Gasteiger partial charge on any atom is 0.306 e. The van der Waals surface area contributed by atoms with Crippen molar-refractivity contribution in [3.8, 4) is 5.75 Å². The molecule has 0 fully saturated rings. The van der Waals surface area contributed by atoms with Gasteiger partial charge in [-0.3, -0.25) is 9.36 Å². The fourth-order valence-corrected chi connectivity index (χ4v) is 7.50. The molecule has 0 radical (unpaired) electrons. The van der Waals surface area contributed by atoms with Crippen molar-refractivity contribution >= 4 is 45.4 Å². The molecule has 0 bridgehead atoms. The molecule has 1 aliphatic rings. The first-order chi connectivity index (χ1) is 18.4. The van der Waals surface area contributed by atoms with E-state index >= 15 is 0 Å². The number of ether oxygens (including phenoxy) is 1. The summed E-state index contributed by atoms with van der Waals surface area (Å²) in [5, 5.41) is 2.79. The molecule has 38 heavy (non-hydrogen) atoms. The minimum absolute atomic E-state index is 0.211. The predicted octanol–water partition coefficient (Wildman–Crippen LogP) is 6.71. The van der Waals surface area contributed by atoms with Crippen LogP contribution in [0.2, 0.25) is 0 Å². The SMILES string of the molecule is CCOC(C)=O.O=P(Oc1cccc2c1N=[S@](=O)(c1ccccc1)C=C2)(c1ccccc1)c1ccccc1. The largest absolute Gasteiger partial charge is 0.466 e. The number of carbonyl (C=O) groups excluding carboxylic acids is 1. The van der Waals surface area contributed by atoms with Gasteiger partial charge in [0.2, 0.25) is 0 Å². The molecule has 6 nitrogen and oxygen atoms in total. The van der Waals surface area contributed by atoms with Gasteiger partial charge in [-0.2, -0.15) is 4.36 Å². The van der Waals surface area contributed by atoms with Crippen molar-refractivity contribution in [2.45, 2.75) is 18.7 Å². The van der Waals surface area contributed by atoms with Crippen molar-refractivity contribution in [1.29, 1.82) is 0 Å². The van der Waals surface area contributed by atoms with E-state index in [-0.39, 0.29) is 5.97 Å². The molecule has 4 aromatic rings. The Bertz CT molecular complexity index is 1550. The highest BCUT2D eigenvalue weighted by Crippen LogP contribution is 2.49. The molecular formula is C30H28NO5PS. The third kappa shape index (κ3) is 6.13. The molecular weight excluding hydrogens is 517 g/mol. The second-order valence-corrected chi connectivity index (χ2v) is 12.6. The van der Waals surface area contributed by atoms with Crippen LogP contribution in [-0.4, -0.2) is 16.8 Å². The smallest absolute Gasteiger partial charge is 0.306 e. The van der Waals surface area contributed by atoms with Crippen LogP contribution in [0.4, 0.5) is 5.69 Å². The van der Waals surface area contributed by atoms with Crippen LogP contribution in [0.1, 0.15) is 19.4 Å². The van der Waals surface area contributed by atoms with Crippen LogP contribution in [0.5, 0.6) is 5.75 Å². The third-order valence-electron chi connectivity index (χ3n) is 5.54. The number of esters is 1. The zero-order valence-electron chi connectivity index (χ0n) is 21.1. The fraction of sp³-hybridized carbons (Fsp3) is 0.100. The van der Waals surface area contributed by atoms with Crippen molar-refractivity contribution in [2.24, 2.45) is 4.36 Å². The summed E-state index contributed by atoms with van der Waals surface area (Å²) in [4.78, 5) is 10.4. The van der Waals surface area contributed by atoms with Crippen LogP contribution in [0.15, 0.2) is 124 Å². The quantitative estimate of drug-likeness (QED) is 0.199. The third-order valence-corrected chi connectivity index (χ3v) is 9.85. The number of carbonyl (C=O) groups is 1. The van der Waals surface area contributed by atoms with Crippen LogP contribution < -0.4 is 15.1 Å². The predicted molar refractivity (Wildman–Crippen MR) is 153 cm³/mol. The number of fused-ring (bicyclic) bond motifs is 1. The maximum absolute atomic E-state index is 14.3. The Morgan fingerprint density at radius 1 is 0.816 bits per heavy atom. The van der Waals surface area contributed by atoms with Crippen LogP contribution in [-0.2, 0) is 23.8 Å². The summed E-state index contributed by atoms with van der Waals surface area (Å²) in [5.74, 6) is 0.129. The van der Waals surface area contributed by atoms with E-state index in [1.807, 2.05) is 66.7 Å². The number of rotatable bonds is 6. The lowest BCUT2D eigenvalue weighted by atomic mass is 10.1. The Morgan fingerprint density at radius 2 is 1.37 bits per heavy atom. The van der Waals surface area contributed by atoms with Crippen LogP contribution >= 0.6 is 7.37 Å². The van der Waals surface area contributed by atoms with Gasteiger partial charge < -0.3 is 9.26 Å². The van der Waals surface area contributed by atoms with Gasteiger partial charge in [0.25, 0.3) is 0 Å². The van der Waals surface area contributed by atoms with Crippen molar-refractivity contribution in [2.75, 3.05) is 6.61 Å². The van der Waals surface area contributed by atoms with E-state index < -0.39 is 17.1 Å². The molecule has 1 heterocycles. The highest BCUT2D eigenvalue weighted by Gasteiger charge is 2.31.